The Balaban J connectivity index is 2.00. The van der Waals surface area contributed by atoms with Crippen molar-refractivity contribution >= 4 is 11.3 Å². The predicted octanol–water partition coefficient (Wildman–Crippen LogP) is 0.550. The van der Waals surface area contributed by atoms with E-state index < -0.39 is 5.60 Å². The second-order valence-corrected chi connectivity index (χ2v) is 5.94. The molecule has 0 unspecified atom stereocenters. The van der Waals surface area contributed by atoms with Crippen LogP contribution in [0.4, 0.5) is 5.82 Å². The molecule has 2 aromatic rings. The lowest BCUT2D eigenvalue weighted by Crippen LogP contribution is -2.28. The number of aliphatic hydroxyl groups excluding tert-OH is 1. The zero-order valence-electron chi connectivity index (χ0n) is 13.2. The molecule has 0 radical (unpaired) electrons. The van der Waals surface area contributed by atoms with Crippen LogP contribution in [0.25, 0.3) is 5.52 Å². The third kappa shape index (κ3) is 2.74. The van der Waals surface area contributed by atoms with Crippen molar-refractivity contribution in [2.75, 3.05) is 32.7 Å². The average Bonchev–Trinajstić information content (AvgIpc) is 3.17. The Morgan fingerprint density at radius 2 is 2.39 bits per heavy atom. The molecule has 1 aliphatic heterocycles. The van der Waals surface area contributed by atoms with E-state index in [0.717, 1.165) is 5.52 Å². The molecule has 2 atom stereocenters. The summed E-state index contributed by atoms with van der Waals surface area (Å²) in [7, 11) is 3.92. The van der Waals surface area contributed by atoms with Crippen molar-refractivity contribution in [1.29, 1.82) is 5.26 Å². The van der Waals surface area contributed by atoms with Crippen LogP contribution in [0.1, 0.15) is 18.5 Å². The van der Waals surface area contributed by atoms with Crippen LogP contribution in [-0.2, 0) is 10.3 Å². The maximum absolute atomic E-state index is 9.67. The standard InChI is InChI=1S/C15H20N6O2/c1-20(2)10-18-14-12-3-4-13(21(12)19-9-17-14)15(8-16)6-5-11(7-22)23-15/h3-4,9,11,22H,5-7,10H2,1-2H3,(H,17,18,19)/t11-,15-/m0/s1. The Kier molecular flexibility index (Phi) is 4.17. The Morgan fingerprint density at radius 1 is 1.57 bits per heavy atom. The van der Waals surface area contributed by atoms with Gasteiger partial charge in [-0.15, -0.1) is 0 Å². The lowest BCUT2D eigenvalue weighted by Gasteiger charge is -2.21. The van der Waals surface area contributed by atoms with Crippen LogP contribution in [0.3, 0.4) is 0 Å². The van der Waals surface area contributed by atoms with Gasteiger partial charge in [-0.05, 0) is 39.1 Å². The first-order valence-corrected chi connectivity index (χ1v) is 7.51. The molecule has 1 aliphatic rings. The van der Waals surface area contributed by atoms with Gasteiger partial charge >= 0.3 is 0 Å². The van der Waals surface area contributed by atoms with Gasteiger partial charge in [-0.1, -0.05) is 0 Å². The smallest absolute Gasteiger partial charge is 0.196 e. The Morgan fingerprint density at radius 3 is 3.04 bits per heavy atom. The number of hydrogen-bond donors (Lipinski definition) is 2. The second kappa shape index (κ2) is 6.12. The molecule has 23 heavy (non-hydrogen) atoms. The Bertz CT molecular complexity index is 737. The van der Waals surface area contributed by atoms with E-state index in [-0.39, 0.29) is 12.7 Å². The molecule has 0 spiro atoms. The van der Waals surface area contributed by atoms with E-state index in [1.165, 1.54) is 6.33 Å². The molecule has 0 aromatic carbocycles. The highest BCUT2D eigenvalue weighted by Gasteiger charge is 2.44. The van der Waals surface area contributed by atoms with E-state index in [2.05, 4.69) is 21.5 Å². The predicted molar refractivity (Wildman–Crippen MR) is 83.6 cm³/mol. The normalized spacial score (nSPS) is 24.2. The maximum atomic E-state index is 9.67. The minimum atomic E-state index is -1.08. The van der Waals surface area contributed by atoms with Crippen LogP contribution in [-0.4, -0.2) is 58.1 Å². The number of aromatic nitrogens is 3. The van der Waals surface area contributed by atoms with Gasteiger partial charge in [0.25, 0.3) is 0 Å². The zero-order valence-corrected chi connectivity index (χ0v) is 13.2. The summed E-state index contributed by atoms with van der Waals surface area (Å²) < 4.78 is 7.51. The quantitative estimate of drug-likeness (QED) is 0.777. The molecule has 2 N–H and O–H groups in total. The molecule has 0 aliphatic carbocycles. The molecular weight excluding hydrogens is 296 g/mol. The molecule has 3 heterocycles. The number of ether oxygens (including phenoxy) is 1. The van der Waals surface area contributed by atoms with E-state index in [1.54, 1.807) is 4.52 Å². The Hall–Kier alpha value is -2.21. The van der Waals surface area contributed by atoms with E-state index in [0.29, 0.717) is 31.0 Å². The van der Waals surface area contributed by atoms with E-state index in [1.807, 2.05) is 31.1 Å². The van der Waals surface area contributed by atoms with Crippen molar-refractivity contribution in [2.45, 2.75) is 24.5 Å². The SMILES string of the molecule is CN(C)CNc1ncnn2c([C@@]3(C#N)CC[C@@H](CO)O3)ccc12. The number of hydrogen-bond acceptors (Lipinski definition) is 7. The van der Waals surface area contributed by atoms with Gasteiger partial charge in [0, 0.05) is 0 Å². The average molecular weight is 316 g/mol. The summed E-state index contributed by atoms with van der Waals surface area (Å²) in [6.07, 6.45) is 2.32. The molecule has 122 valence electrons. The van der Waals surface area contributed by atoms with Crippen LogP contribution in [0, 0.1) is 11.3 Å². The lowest BCUT2D eigenvalue weighted by atomic mass is 9.98. The van der Waals surface area contributed by atoms with Crippen molar-refractivity contribution in [3.63, 3.8) is 0 Å². The highest BCUT2D eigenvalue weighted by atomic mass is 16.5. The highest BCUT2D eigenvalue weighted by Crippen LogP contribution is 2.39. The number of nitrogens with one attached hydrogen (secondary N) is 1. The monoisotopic (exact) mass is 316 g/mol. The van der Waals surface area contributed by atoms with Crippen LogP contribution in [0.5, 0.6) is 0 Å². The largest absolute Gasteiger partial charge is 0.394 e. The summed E-state index contributed by atoms with van der Waals surface area (Å²) in [6.45, 7) is 0.553. The molecule has 8 nitrogen and oxygen atoms in total. The molecule has 1 saturated heterocycles. The fourth-order valence-corrected chi connectivity index (χ4v) is 2.83. The third-order valence-electron chi connectivity index (χ3n) is 4.00. The summed E-state index contributed by atoms with van der Waals surface area (Å²) in [5, 5.41) is 26.5. The molecule has 0 saturated carbocycles. The maximum Gasteiger partial charge on any atom is 0.196 e. The first-order valence-electron chi connectivity index (χ1n) is 7.51. The first kappa shape index (κ1) is 15.7. The summed E-state index contributed by atoms with van der Waals surface area (Å²) in [4.78, 5) is 6.26. The summed E-state index contributed by atoms with van der Waals surface area (Å²) in [5.74, 6) is 0.699. The summed E-state index contributed by atoms with van der Waals surface area (Å²) in [6, 6.07) is 5.98. The van der Waals surface area contributed by atoms with Crippen LogP contribution in [0.2, 0.25) is 0 Å². The topological polar surface area (TPSA) is 98.7 Å². The van der Waals surface area contributed by atoms with Crippen LogP contribution < -0.4 is 5.32 Å². The number of nitrogens with zero attached hydrogens (tertiary/aromatic N) is 5. The van der Waals surface area contributed by atoms with Gasteiger partial charge in [0.2, 0.25) is 0 Å². The van der Waals surface area contributed by atoms with Gasteiger partial charge in [-0.3, -0.25) is 4.90 Å². The van der Waals surface area contributed by atoms with Crippen molar-refractivity contribution in [2.24, 2.45) is 0 Å². The Labute approximate surface area is 134 Å². The summed E-state index contributed by atoms with van der Waals surface area (Å²) >= 11 is 0. The minimum Gasteiger partial charge on any atom is -0.394 e. The van der Waals surface area contributed by atoms with Gasteiger partial charge in [0.1, 0.15) is 17.9 Å². The number of nitriles is 1. The number of fused-ring (bicyclic) bond motifs is 1. The van der Waals surface area contributed by atoms with Crippen LogP contribution in [0.15, 0.2) is 18.5 Å². The number of aliphatic hydroxyl groups is 1. The fraction of sp³-hybridized carbons (Fsp3) is 0.533. The fourth-order valence-electron chi connectivity index (χ4n) is 2.83. The zero-order chi connectivity index (χ0) is 16.4. The first-order chi connectivity index (χ1) is 11.1. The van der Waals surface area contributed by atoms with Crippen molar-refractivity contribution in [3.05, 3.63) is 24.2 Å². The number of anilines is 1. The van der Waals surface area contributed by atoms with Gasteiger partial charge < -0.3 is 15.2 Å². The van der Waals surface area contributed by atoms with Crippen molar-refractivity contribution < 1.29 is 9.84 Å². The molecule has 3 rings (SSSR count). The van der Waals surface area contributed by atoms with Gasteiger partial charge in [0.15, 0.2) is 11.4 Å². The molecule has 0 bridgehead atoms. The van der Waals surface area contributed by atoms with Crippen molar-refractivity contribution in [3.8, 4) is 6.07 Å². The van der Waals surface area contributed by atoms with E-state index in [4.69, 9.17) is 4.74 Å². The third-order valence-corrected chi connectivity index (χ3v) is 4.00. The molecule has 1 fully saturated rings. The molecule has 2 aromatic heterocycles. The van der Waals surface area contributed by atoms with E-state index >= 15 is 0 Å². The molecular formula is C15H20N6O2. The second-order valence-electron chi connectivity index (χ2n) is 5.94. The van der Waals surface area contributed by atoms with Gasteiger partial charge in [-0.25, -0.2) is 9.50 Å². The molecule has 0 amide bonds. The number of rotatable bonds is 5. The van der Waals surface area contributed by atoms with Gasteiger partial charge in [-0.2, -0.15) is 10.4 Å². The highest BCUT2D eigenvalue weighted by molar-refractivity contribution is 5.68. The van der Waals surface area contributed by atoms with Crippen molar-refractivity contribution in [1.82, 2.24) is 19.5 Å². The van der Waals surface area contributed by atoms with Crippen LogP contribution >= 0.6 is 0 Å². The lowest BCUT2D eigenvalue weighted by molar-refractivity contribution is -0.0324. The van der Waals surface area contributed by atoms with E-state index in [9.17, 15) is 10.4 Å². The molecule has 8 heteroatoms. The minimum absolute atomic E-state index is 0.0860. The van der Waals surface area contributed by atoms with Gasteiger partial charge in [0.05, 0.1) is 25.1 Å². The summed E-state index contributed by atoms with van der Waals surface area (Å²) in [5.41, 5.74) is 0.378.